The molecule has 10 heteroatoms. The fraction of sp³-hybridized carbons (Fsp3) is 0.286. The van der Waals surface area contributed by atoms with Crippen LogP contribution in [0.1, 0.15) is 25.0 Å². The number of amides is 2. The second-order valence-corrected chi connectivity index (χ2v) is 11.0. The number of methoxy groups -OCH3 is 1. The zero-order valence-corrected chi connectivity index (χ0v) is 23.4. The first kappa shape index (κ1) is 29.0. The van der Waals surface area contributed by atoms with Crippen molar-refractivity contribution in [3.05, 3.63) is 88.9 Å². The number of carbonyl (C=O) groups excluding carboxylic acids is 2. The van der Waals surface area contributed by atoms with E-state index < -0.39 is 28.5 Å². The van der Waals surface area contributed by atoms with Crippen LogP contribution in [0.15, 0.2) is 77.7 Å². The van der Waals surface area contributed by atoms with Crippen molar-refractivity contribution in [2.24, 2.45) is 0 Å². The summed E-state index contributed by atoms with van der Waals surface area (Å²) >= 11 is 6.19. The molecule has 0 aliphatic heterocycles. The highest BCUT2D eigenvalue weighted by molar-refractivity contribution is 7.92. The van der Waals surface area contributed by atoms with Crippen LogP contribution in [0.25, 0.3) is 0 Å². The lowest BCUT2D eigenvalue weighted by atomic mass is 10.1. The van der Waals surface area contributed by atoms with E-state index in [0.717, 1.165) is 15.4 Å². The minimum Gasteiger partial charge on any atom is -0.497 e. The molecule has 3 aromatic carbocycles. The van der Waals surface area contributed by atoms with E-state index in [1.165, 1.54) is 42.3 Å². The molecule has 202 valence electrons. The van der Waals surface area contributed by atoms with Gasteiger partial charge in [0, 0.05) is 18.1 Å². The summed E-state index contributed by atoms with van der Waals surface area (Å²) in [6, 6.07) is 18.9. The van der Waals surface area contributed by atoms with Crippen LogP contribution < -0.4 is 14.4 Å². The smallest absolute Gasteiger partial charge is 0.264 e. The molecule has 3 aromatic rings. The summed E-state index contributed by atoms with van der Waals surface area (Å²) in [7, 11) is -2.70. The number of likely N-dealkylation sites (N-methyl/N-ethyl adjacent to an activating group) is 1. The van der Waals surface area contributed by atoms with E-state index in [-0.39, 0.29) is 23.0 Å². The van der Waals surface area contributed by atoms with Gasteiger partial charge in [0.2, 0.25) is 11.8 Å². The number of aryl methyl sites for hydroxylation is 1. The number of nitrogens with one attached hydrogen (secondary N) is 1. The van der Waals surface area contributed by atoms with Gasteiger partial charge in [0.05, 0.1) is 17.7 Å². The molecule has 0 bridgehead atoms. The summed E-state index contributed by atoms with van der Waals surface area (Å²) in [5.41, 5.74) is 2.05. The Kier molecular flexibility index (Phi) is 9.77. The van der Waals surface area contributed by atoms with Crippen molar-refractivity contribution < 1.29 is 22.7 Å². The minimum absolute atomic E-state index is 0.0203. The Morgan fingerprint density at radius 2 is 1.71 bits per heavy atom. The van der Waals surface area contributed by atoms with Gasteiger partial charge in [-0.25, -0.2) is 8.42 Å². The Morgan fingerprint density at radius 1 is 1.03 bits per heavy atom. The molecule has 0 heterocycles. The quantitative estimate of drug-likeness (QED) is 0.377. The van der Waals surface area contributed by atoms with E-state index >= 15 is 0 Å². The Bertz CT molecular complexity index is 1380. The molecular formula is C28H32ClN3O5S. The summed E-state index contributed by atoms with van der Waals surface area (Å²) in [4.78, 5) is 27.9. The number of benzene rings is 3. The fourth-order valence-electron chi connectivity index (χ4n) is 3.95. The maximum absolute atomic E-state index is 13.8. The number of ether oxygens (including phenoxy) is 1. The molecule has 2 amide bonds. The molecule has 8 nitrogen and oxygen atoms in total. The van der Waals surface area contributed by atoms with Crippen LogP contribution in [-0.4, -0.2) is 51.4 Å². The summed E-state index contributed by atoms with van der Waals surface area (Å²) in [5.74, 6) is -0.377. The molecule has 0 radical (unpaired) electrons. The summed E-state index contributed by atoms with van der Waals surface area (Å²) in [6.45, 7) is 5.34. The molecule has 3 rings (SSSR count). The van der Waals surface area contributed by atoms with Crippen molar-refractivity contribution in [3.8, 4) is 5.75 Å². The Hall–Kier alpha value is -3.56. The number of hydrogen-bond donors (Lipinski definition) is 1. The van der Waals surface area contributed by atoms with Crippen molar-refractivity contribution in [1.82, 2.24) is 10.2 Å². The van der Waals surface area contributed by atoms with Gasteiger partial charge in [-0.3, -0.25) is 13.9 Å². The molecule has 0 aliphatic carbocycles. The third-order valence-electron chi connectivity index (χ3n) is 5.98. The van der Waals surface area contributed by atoms with Gasteiger partial charge < -0.3 is 15.0 Å². The zero-order chi connectivity index (χ0) is 27.9. The van der Waals surface area contributed by atoms with Gasteiger partial charge in [-0.15, -0.1) is 0 Å². The number of halogens is 1. The van der Waals surface area contributed by atoms with Crippen LogP contribution in [-0.2, 0) is 26.2 Å². The van der Waals surface area contributed by atoms with Crippen molar-refractivity contribution in [1.29, 1.82) is 0 Å². The highest BCUT2D eigenvalue weighted by atomic mass is 35.5. The predicted molar refractivity (Wildman–Crippen MR) is 149 cm³/mol. The monoisotopic (exact) mass is 557 g/mol. The summed E-state index contributed by atoms with van der Waals surface area (Å²) < 4.78 is 33.8. The first-order chi connectivity index (χ1) is 18.1. The number of rotatable bonds is 11. The molecule has 38 heavy (non-hydrogen) atoms. The van der Waals surface area contributed by atoms with Crippen LogP contribution in [0, 0.1) is 6.92 Å². The van der Waals surface area contributed by atoms with Crippen molar-refractivity contribution >= 4 is 39.1 Å². The molecular weight excluding hydrogens is 526 g/mol. The SMILES string of the molecule is CCNC(=O)[C@H](C)N(Cc1cccc(C)c1)C(=O)CN(c1cccc(Cl)c1)S(=O)(=O)c1ccc(OC)cc1. The number of carbonyl (C=O) groups is 2. The molecule has 0 fully saturated rings. The normalized spacial score (nSPS) is 11.9. The molecule has 0 unspecified atom stereocenters. The minimum atomic E-state index is -4.19. The Morgan fingerprint density at radius 3 is 2.32 bits per heavy atom. The average Bonchev–Trinajstić information content (AvgIpc) is 2.90. The van der Waals surface area contributed by atoms with E-state index in [1.807, 2.05) is 31.2 Å². The average molecular weight is 558 g/mol. The van der Waals surface area contributed by atoms with E-state index in [1.54, 1.807) is 32.0 Å². The standard InChI is InChI=1S/C28H32ClN3O5S/c1-5-30-28(34)21(3)31(18-22-9-6-8-20(2)16-22)27(33)19-32(24-11-7-10-23(29)17-24)38(35,36)26-14-12-25(37-4)13-15-26/h6-17,21H,5,18-19H2,1-4H3,(H,30,34)/t21-/m0/s1. The van der Waals surface area contributed by atoms with Crippen LogP contribution in [0.3, 0.4) is 0 Å². The number of anilines is 1. The van der Waals surface area contributed by atoms with Gasteiger partial charge in [0.1, 0.15) is 18.3 Å². The van der Waals surface area contributed by atoms with Crippen LogP contribution in [0.2, 0.25) is 5.02 Å². The van der Waals surface area contributed by atoms with E-state index in [2.05, 4.69) is 5.32 Å². The Balaban J connectivity index is 2.03. The Labute approximate surface area is 229 Å². The lowest BCUT2D eigenvalue weighted by Gasteiger charge is -2.32. The van der Waals surface area contributed by atoms with Crippen molar-refractivity contribution in [2.75, 3.05) is 24.5 Å². The summed E-state index contributed by atoms with van der Waals surface area (Å²) in [5, 5.41) is 3.06. The van der Waals surface area contributed by atoms with Gasteiger partial charge in [-0.2, -0.15) is 0 Å². The lowest BCUT2D eigenvalue weighted by Crippen LogP contribution is -2.51. The number of nitrogens with zero attached hydrogens (tertiary/aromatic N) is 2. The molecule has 0 aliphatic rings. The van der Waals surface area contributed by atoms with Crippen molar-refractivity contribution in [3.63, 3.8) is 0 Å². The molecule has 0 aromatic heterocycles. The van der Waals surface area contributed by atoms with E-state index in [9.17, 15) is 18.0 Å². The fourth-order valence-corrected chi connectivity index (χ4v) is 5.54. The second kappa shape index (κ2) is 12.8. The van der Waals surface area contributed by atoms with Gasteiger partial charge in [-0.05, 0) is 68.8 Å². The number of sulfonamides is 1. The highest BCUT2D eigenvalue weighted by Crippen LogP contribution is 2.28. The second-order valence-electron chi connectivity index (χ2n) is 8.75. The van der Waals surface area contributed by atoms with Gasteiger partial charge in [0.15, 0.2) is 0 Å². The largest absolute Gasteiger partial charge is 0.497 e. The third-order valence-corrected chi connectivity index (χ3v) is 8.00. The van der Waals surface area contributed by atoms with Crippen LogP contribution in [0.4, 0.5) is 5.69 Å². The zero-order valence-electron chi connectivity index (χ0n) is 21.8. The molecule has 0 saturated heterocycles. The maximum Gasteiger partial charge on any atom is 0.264 e. The molecule has 1 N–H and O–H groups in total. The van der Waals surface area contributed by atoms with E-state index in [4.69, 9.17) is 16.3 Å². The number of hydrogen-bond acceptors (Lipinski definition) is 5. The van der Waals surface area contributed by atoms with Crippen LogP contribution in [0.5, 0.6) is 5.75 Å². The van der Waals surface area contributed by atoms with Gasteiger partial charge in [0.25, 0.3) is 10.0 Å². The topological polar surface area (TPSA) is 96.0 Å². The maximum atomic E-state index is 13.8. The third kappa shape index (κ3) is 7.05. The first-order valence-electron chi connectivity index (χ1n) is 12.1. The van der Waals surface area contributed by atoms with Gasteiger partial charge >= 0.3 is 0 Å². The molecule has 0 spiro atoms. The molecule has 0 saturated carbocycles. The van der Waals surface area contributed by atoms with Gasteiger partial charge in [-0.1, -0.05) is 47.5 Å². The van der Waals surface area contributed by atoms with Crippen molar-refractivity contribution in [2.45, 2.75) is 38.3 Å². The first-order valence-corrected chi connectivity index (χ1v) is 13.9. The van der Waals surface area contributed by atoms with E-state index in [0.29, 0.717) is 17.3 Å². The highest BCUT2D eigenvalue weighted by Gasteiger charge is 2.32. The molecule has 1 atom stereocenters. The lowest BCUT2D eigenvalue weighted by molar-refractivity contribution is -0.139. The van der Waals surface area contributed by atoms with Crippen LogP contribution >= 0.6 is 11.6 Å². The predicted octanol–water partition coefficient (Wildman–Crippen LogP) is 4.41. The summed E-state index contributed by atoms with van der Waals surface area (Å²) in [6.07, 6.45) is 0.